The third-order valence-corrected chi connectivity index (χ3v) is 3.10. The van der Waals surface area contributed by atoms with Crippen molar-refractivity contribution in [2.75, 3.05) is 11.9 Å². The second kappa shape index (κ2) is 5.65. The standard InChI is InChI=1S/C13H18ClN5/c1-7(2)5-6-15-11-10-12(19-13(14)18-11)17-9(4)8(3)16-10/h7H,5-6H2,1-4H3,(H,15,17,18,19). The van der Waals surface area contributed by atoms with Crippen LogP contribution in [0.3, 0.4) is 0 Å². The number of rotatable bonds is 4. The van der Waals surface area contributed by atoms with Gasteiger partial charge in [0, 0.05) is 6.54 Å². The number of hydrogen-bond acceptors (Lipinski definition) is 5. The molecule has 0 bridgehead atoms. The van der Waals surface area contributed by atoms with Crippen LogP contribution in [0.25, 0.3) is 11.2 Å². The summed E-state index contributed by atoms with van der Waals surface area (Å²) in [5, 5.41) is 3.46. The molecule has 0 atom stereocenters. The molecule has 0 aromatic carbocycles. The van der Waals surface area contributed by atoms with E-state index in [1.165, 1.54) is 0 Å². The SMILES string of the molecule is Cc1nc2nc(Cl)nc(NCCC(C)C)c2nc1C. The lowest BCUT2D eigenvalue weighted by atomic mass is 10.1. The van der Waals surface area contributed by atoms with Crippen LogP contribution in [0, 0.1) is 19.8 Å². The van der Waals surface area contributed by atoms with Gasteiger partial charge in [-0.05, 0) is 37.8 Å². The topological polar surface area (TPSA) is 63.6 Å². The van der Waals surface area contributed by atoms with Crippen LogP contribution < -0.4 is 5.32 Å². The average molecular weight is 280 g/mol. The van der Waals surface area contributed by atoms with Crippen molar-refractivity contribution in [2.24, 2.45) is 5.92 Å². The zero-order chi connectivity index (χ0) is 14.0. The summed E-state index contributed by atoms with van der Waals surface area (Å²) in [6, 6.07) is 0. The first kappa shape index (κ1) is 13.9. The smallest absolute Gasteiger partial charge is 0.226 e. The maximum atomic E-state index is 5.93. The molecule has 5 nitrogen and oxygen atoms in total. The molecule has 0 radical (unpaired) electrons. The van der Waals surface area contributed by atoms with Gasteiger partial charge in [0.1, 0.15) is 0 Å². The third-order valence-electron chi connectivity index (χ3n) is 2.93. The number of aryl methyl sites for hydroxylation is 2. The molecular formula is C13H18ClN5. The fraction of sp³-hybridized carbons (Fsp3) is 0.538. The van der Waals surface area contributed by atoms with Crippen molar-refractivity contribution in [2.45, 2.75) is 34.1 Å². The summed E-state index contributed by atoms with van der Waals surface area (Å²) >= 11 is 5.93. The van der Waals surface area contributed by atoms with Gasteiger partial charge < -0.3 is 5.32 Å². The normalized spacial score (nSPS) is 11.3. The molecule has 0 saturated carbocycles. The van der Waals surface area contributed by atoms with Gasteiger partial charge in [-0.15, -0.1) is 0 Å². The van der Waals surface area contributed by atoms with Gasteiger partial charge in [0.05, 0.1) is 11.4 Å². The zero-order valence-corrected chi connectivity index (χ0v) is 12.4. The van der Waals surface area contributed by atoms with Crippen LogP contribution in [0.1, 0.15) is 31.7 Å². The Morgan fingerprint density at radius 3 is 2.42 bits per heavy atom. The van der Waals surface area contributed by atoms with Crippen LogP contribution in [0.5, 0.6) is 0 Å². The monoisotopic (exact) mass is 279 g/mol. The molecule has 0 spiro atoms. The number of fused-ring (bicyclic) bond motifs is 1. The summed E-state index contributed by atoms with van der Waals surface area (Å²) in [5.41, 5.74) is 2.95. The van der Waals surface area contributed by atoms with Crippen LogP contribution in [-0.4, -0.2) is 26.5 Å². The van der Waals surface area contributed by atoms with Gasteiger partial charge in [0.15, 0.2) is 17.0 Å². The largest absolute Gasteiger partial charge is 0.368 e. The van der Waals surface area contributed by atoms with E-state index in [-0.39, 0.29) is 5.28 Å². The Morgan fingerprint density at radius 1 is 1.05 bits per heavy atom. The van der Waals surface area contributed by atoms with Crippen molar-refractivity contribution in [1.29, 1.82) is 0 Å². The van der Waals surface area contributed by atoms with Crippen LogP contribution in [-0.2, 0) is 0 Å². The van der Waals surface area contributed by atoms with Crippen molar-refractivity contribution in [3.8, 4) is 0 Å². The number of nitrogens with one attached hydrogen (secondary N) is 1. The highest BCUT2D eigenvalue weighted by atomic mass is 35.5. The van der Waals surface area contributed by atoms with Gasteiger partial charge >= 0.3 is 0 Å². The Hall–Kier alpha value is -1.49. The highest BCUT2D eigenvalue weighted by molar-refractivity contribution is 6.28. The Kier molecular flexibility index (Phi) is 4.14. The summed E-state index contributed by atoms with van der Waals surface area (Å²) in [6.07, 6.45) is 1.06. The molecule has 0 aliphatic rings. The van der Waals surface area contributed by atoms with E-state index in [1.54, 1.807) is 0 Å². The maximum absolute atomic E-state index is 5.93. The van der Waals surface area contributed by atoms with E-state index in [2.05, 4.69) is 39.1 Å². The number of aromatic nitrogens is 4. The molecule has 102 valence electrons. The quantitative estimate of drug-likeness (QED) is 0.871. The highest BCUT2D eigenvalue weighted by Crippen LogP contribution is 2.20. The van der Waals surface area contributed by atoms with Crippen LogP contribution in [0.15, 0.2) is 0 Å². The van der Waals surface area contributed by atoms with Crippen molar-refractivity contribution in [3.05, 3.63) is 16.7 Å². The van der Waals surface area contributed by atoms with E-state index in [9.17, 15) is 0 Å². The molecule has 0 aliphatic heterocycles. The molecule has 2 heterocycles. The van der Waals surface area contributed by atoms with E-state index in [0.717, 1.165) is 24.4 Å². The minimum atomic E-state index is 0.192. The summed E-state index contributed by atoms with van der Waals surface area (Å²) < 4.78 is 0. The highest BCUT2D eigenvalue weighted by Gasteiger charge is 2.11. The van der Waals surface area contributed by atoms with Crippen molar-refractivity contribution in [3.63, 3.8) is 0 Å². The number of hydrogen-bond donors (Lipinski definition) is 1. The summed E-state index contributed by atoms with van der Waals surface area (Å²) in [5.74, 6) is 1.29. The first-order chi connectivity index (χ1) is 8.97. The van der Waals surface area contributed by atoms with Crippen molar-refractivity contribution < 1.29 is 0 Å². The third kappa shape index (κ3) is 3.29. The molecule has 6 heteroatoms. The van der Waals surface area contributed by atoms with Crippen LogP contribution in [0.2, 0.25) is 5.28 Å². The fourth-order valence-electron chi connectivity index (χ4n) is 1.69. The summed E-state index contributed by atoms with van der Waals surface area (Å²) in [4.78, 5) is 17.2. The van der Waals surface area contributed by atoms with Crippen molar-refractivity contribution >= 4 is 28.6 Å². The molecule has 2 aromatic heterocycles. The van der Waals surface area contributed by atoms with Gasteiger partial charge in [0.2, 0.25) is 5.28 Å². The average Bonchev–Trinajstić information content (AvgIpc) is 2.31. The second-order valence-corrected chi connectivity index (χ2v) is 5.36. The van der Waals surface area contributed by atoms with Crippen LogP contribution in [0.4, 0.5) is 5.82 Å². The molecule has 0 fully saturated rings. The second-order valence-electron chi connectivity index (χ2n) is 5.02. The molecule has 2 aromatic rings. The molecule has 0 saturated heterocycles. The lowest BCUT2D eigenvalue weighted by Gasteiger charge is -2.10. The van der Waals surface area contributed by atoms with Crippen LogP contribution >= 0.6 is 11.6 Å². The minimum absolute atomic E-state index is 0.192. The number of anilines is 1. The van der Waals surface area contributed by atoms with E-state index in [0.29, 0.717) is 22.9 Å². The molecule has 0 aliphatic carbocycles. The Morgan fingerprint density at radius 2 is 1.74 bits per heavy atom. The van der Waals surface area contributed by atoms with Gasteiger partial charge in [-0.2, -0.15) is 9.97 Å². The van der Waals surface area contributed by atoms with E-state index in [1.807, 2.05) is 13.8 Å². The Bertz CT molecular complexity index is 597. The lowest BCUT2D eigenvalue weighted by molar-refractivity contribution is 0.607. The molecule has 2 rings (SSSR count). The number of nitrogens with zero attached hydrogens (tertiary/aromatic N) is 4. The molecular weight excluding hydrogens is 262 g/mol. The fourth-order valence-corrected chi connectivity index (χ4v) is 1.85. The molecule has 19 heavy (non-hydrogen) atoms. The maximum Gasteiger partial charge on any atom is 0.226 e. The van der Waals surface area contributed by atoms with E-state index < -0.39 is 0 Å². The van der Waals surface area contributed by atoms with Gasteiger partial charge in [-0.1, -0.05) is 13.8 Å². The van der Waals surface area contributed by atoms with E-state index in [4.69, 9.17) is 11.6 Å². The van der Waals surface area contributed by atoms with Crippen molar-refractivity contribution in [1.82, 2.24) is 19.9 Å². The Balaban J connectivity index is 2.38. The van der Waals surface area contributed by atoms with Gasteiger partial charge in [-0.25, -0.2) is 9.97 Å². The summed E-state index contributed by atoms with van der Waals surface area (Å²) in [6.45, 7) is 9.02. The number of halogens is 1. The first-order valence-electron chi connectivity index (χ1n) is 6.39. The Labute approximate surface area is 117 Å². The lowest BCUT2D eigenvalue weighted by Crippen LogP contribution is -2.09. The van der Waals surface area contributed by atoms with Gasteiger partial charge in [-0.3, -0.25) is 0 Å². The zero-order valence-electron chi connectivity index (χ0n) is 11.7. The predicted octanol–water partition coefficient (Wildman–Crippen LogP) is 3.15. The van der Waals surface area contributed by atoms with Gasteiger partial charge in [0.25, 0.3) is 0 Å². The molecule has 1 N–H and O–H groups in total. The first-order valence-corrected chi connectivity index (χ1v) is 6.77. The minimum Gasteiger partial charge on any atom is -0.368 e. The molecule has 0 unspecified atom stereocenters. The predicted molar refractivity (Wildman–Crippen MR) is 77.6 cm³/mol. The summed E-state index contributed by atoms with van der Waals surface area (Å²) in [7, 11) is 0. The molecule has 0 amide bonds. The van der Waals surface area contributed by atoms with E-state index >= 15 is 0 Å².